The number of carboxylic acid groups (broad SMARTS) is 1. The molecule has 0 saturated carbocycles. The molecule has 0 fully saturated rings. The third-order valence-electron chi connectivity index (χ3n) is 3.51. The molecule has 126 valence electrons. The molecule has 0 aromatic heterocycles. The van der Waals surface area contributed by atoms with E-state index in [1.54, 1.807) is 6.08 Å². The number of aliphatic carboxylic acids is 1. The standard InChI is InChI=1S/C20H34O2/c1-2-3-4-5-6-7-8-9-10-11-12-13-14-15-16-17-18-19-20(21)22/h3-4,11-12,17-18H,2,5-10,13-16,19H2,1H3,(H,21,22). The van der Waals surface area contributed by atoms with Gasteiger partial charge in [0.05, 0.1) is 6.42 Å². The molecule has 0 unspecified atom stereocenters. The van der Waals surface area contributed by atoms with Crippen molar-refractivity contribution in [1.82, 2.24) is 0 Å². The average molecular weight is 306 g/mol. The van der Waals surface area contributed by atoms with Crippen LogP contribution < -0.4 is 0 Å². The molecular formula is C20H34O2. The van der Waals surface area contributed by atoms with Gasteiger partial charge in [-0.2, -0.15) is 0 Å². The molecule has 0 aromatic rings. The van der Waals surface area contributed by atoms with Gasteiger partial charge < -0.3 is 5.11 Å². The Balaban J connectivity index is 3.19. The topological polar surface area (TPSA) is 37.3 Å². The largest absolute Gasteiger partial charge is 0.481 e. The molecule has 0 aromatic carbocycles. The SMILES string of the molecule is CCC=CCCCCCCC=CCCCCC=CCC(=O)O. The summed E-state index contributed by atoms with van der Waals surface area (Å²) < 4.78 is 0. The van der Waals surface area contributed by atoms with Gasteiger partial charge in [-0.15, -0.1) is 0 Å². The lowest BCUT2D eigenvalue weighted by Gasteiger charge is -1.97. The van der Waals surface area contributed by atoms with E-state index in [0.29, 0.717) is 0 Å². The summed E-state index contributed by atoms with van der Waals surface area (Å²) in [5, 5.41) is 8.48. The summed E-state index contributed by atoms with van der Waals surface area (Å²) >= 11 is 0. The fourth-order valence-electron chi connectivity index (χ4n) is 2.22. The van der Waals surface area contributed by atoms with Crippen molar-refractivity contribution in [3.8, 4) is 0 Å². The van der Waals surface area contributed by atoms with E-state index in [9.17, 15) is 4.79 Å². The number of allylic oxidation sites excluding steroid dienone is 5. The molecule has 0 aliphatic heterocycles. The minimum Gasteiger partial charge on any atom is -0.481 e. The first kappa shape index (κ1) is 20.7. The molecule has 0 aliphatic rings. The van der Waals surface area contributed by atoms with Crippen LogP contribution in [0.15, 0.2) is 36.5 Å². The number of hydrogen-bond donors (Lipinski definition) is 1. The van der Waals surface area contributed by atoms with Crippen LogP contribution in [0.5, 0.6) is 0 Å². The summed E-state index contributed by atoms with van der Waals surface area (Å²) in [6, 6.07) is 0. The molecule has 0 bridgehead atoms. The maximum absolute atomic E-state index is 10.3. The molecule has 0 atom stereocenters. The minimum atomic E-state index is -0.753. The summed E-state index contributed by atoms with van der Waals surface area (Å²) in [5.41, 5.74) is 0. The zero-order valence-corrected chi connectivity index (χ0v) is 14.3. The second-order valence-electron chi connectivity index (χ2n) is 5.70. The van der Waals surface area contributed by atoms with Crippen molar-refractivity contribution in [1.29, 1.82) is 0 Å². The van der Waals surface area contributed by atoms with Crippen molar-refractivity contribution in [2.45, 2.75) is 84.0 Å². The van der Waals surface area contributed by atoms with Crippen molar-refractivity contribution in [2.75, 3.05) is 0 Å². The van der Waals surface area contributed by atoms with Crippen LogP contribution in [-0.2, 0) is 4.79 Å². The highest BCUT2D eigenvalue weighted by molar-refractivity contribution is 5.68. The van der Waals surface area contributed by atoms with E-state index in [2.05, 4.69) is 31.2 Å². The van der Waals surface area contributed by atoms with Crippen molar-refractivity contribution < 1.29 is 9.90 Å². The van der Waals surface area contributed by atoms with E-state index in [4.69, 9.17) is 5.11 Å². The highest BCUT2D eigenvalue weighted by Gasteiger charge is 1.90. The van der Waals surface area contributed by atoms with Gasteiger partial charge in [-0.1, -0.05) is 56.2 Å². The molecule has 0 aliphatic carbocycles. The summed E-state index contributed by atoms with van der Waals surface area (Å²) in [5.74, 6) is -0.753. The fraction of sp³-hybridized carbons (Fsp3) is 0.650. The van der Waals surface area contributed by atoms with Crippen LogP contribution in [0.3, 0.4) is 0 Å². The van der Waals surface area contributed by atoms with E-state index < -0.39 is 5.97 Å². The maximum Gasteiger partial charge on any atom is 0.307 e. The zero-order valence-electron chi connectivity index (χ0n) is 14.3. The van der Waals surface area contributed by atoms with E-state index in [-0.39, 0.29) is 6.42 Å². The summed E-state index contributed by atoms with van der Waals surface area (Å²) in [6.45, 7) is 2.18. The number of hydrogen-bond acceptors (Lipinski definition) is 1. The summed E-state index contributed by atoms with van der Waals surface area (Å²) in [6.07, 6.45) is 26.5. The number of unbranched alkanes of at least 4 members (excludes halogenated alkanes) is 8. The van der Waals surface area contributed by atoms with Crippen LogP contribution in [0, 0.1) is 0 Å². The predicted molar refractivity (Wildman–Crippen MR) is 96.1 cm³/mol. The van der Waals surface area contributed by atoms with Crippen molar-refractivity contribution >= 4 is 5.97 Å². The molecule has 1 N–H and O–H groups in total. The first-order valence-electron chi connectivity index (χ1n) is 8.94. The molecule has 2 heteroatoms. The lowest BCUT2D eigenvalue weighted by atomic mass is 10.1. The molecule has 2 nitrogen and oxygen atoms in total. The monoisotopic (exact) mass is 306 g/mol. The van der Waals surface area contributed by atoms with Gasteiger partial charge in [-0.3, -0.25) is 4.79 Å². The first-order valence-corrected chi connectivity index (χ1v) is 8.94. The van der Waals surface area contributed by atoms with Gasteiger partial charge in [0.2, 0.25) is 0 Å². The Labute approximate surface area is 137 Å². The number of rotatable bonds is 15. The molecule has 0 rings (SSSR count). The van der Waals surface area contributed by atoms with Crippen LogP contribution >= 0.6 is 0 Å². The fourth-order valence-corrected chi connectivity index (χ4v) is 2.22. The van der Waals surface area contributed by atoms with Crippen LogP contribution in [0.4, 0.5) is 0 Å². The molecule has 0 radical (unpaired) electrons. The van der Waals surface area contributed by atoms with Gasteiger partial charge in [-0.25, -0.2) is 0 Å². The molecule has 22 heavy (non-hydrogen) atoms. The Morgan fingerprint density at radius 3 is 1.55 bits per heavy atom. The van der Waals surface area contributed by atoms with Gasteiger partial charge in [0.1, 0.15) is 0 Å². The van der Waals surface area contributed by atoms with Crippen molar-refractivity contribution in [2.24, 2.45) is 0 Å². The Morgan fingerprint density at radius 2 is 1.09 bits per heavy atom. The predicted octanol–water partition coefficient (Wildman–Crippen LogP) is 6.44. The highest BCUT2D eigenvalue weighted by atomic mass is 16.4. The van der Waals surface area contributed by atoms with Gasteiger partial charge in [0.25, 0.3) is 0 Å². The molecule has 0 heterocycles. The third-order valence-corrected chi connectivity index (χ3v) is 3.51. The lowest BCUT2D eigenvalue weighted by Crippen LogP contribution is -1.89. The van der Waals surface area contributed by atoms with E-state index in [1.807, 2.05) is 6.08 Å². The molecule has 0 spiro atoms. The van der Waals surface area contributed by atoms with E-state index in [1.165, 1.54) is 44.9 Å². The second kappa shape index (κ2) is 17.7. The molecular weight excluding hydrogens is 272 g/mol. The molecule has 0 saturated heterocycles. The van der Waals surface area contributed by atoms with E-state index in [0.717, 1.165) is 25.7 Å². The van der Waals surface area contributed by atoms with Crippen molar-refractivity contribution in [3.05, 3.63) is 36.5 Å². The average Bonchev–Trinajstić information content (AvgIpc) is 2.50. The Kier molecular flexibility index (Phi) is 16.7. The first-order chi connectivity index (χ1) is 10.8. The summed E-state index contributed by atoms with van der Waals surface area (Å²) in [7, 11) is 0. The number of carbonyl (C=O) groups is 1. The lowest BCUT2D eigenvalue weighted by molar-refractivity contribution is -0.136. The Morgan fingerprint density at radius 1 is 0.682 bits per heavy atom. The van der Waals surface area contributed by atoms with Gasteiger partial charge in [-0.05, 0) is 57.8 Å². The number of carboxylic acids is 1. The maximum atomic E-state index is 10.3. The van der Waals surface area contributed by atoms with Crippen molar-refractivity contribution in [3.63, 3.8) is 0 Å². The Hall–Kier alpha value is -1.31. The zero-order chi connectivity index (χ0) is 16.3. The van der Waals surface area contributed by atoms with Crippen LogP contribution in [0.2, 0.25) is 0 Å². The van der Waals surface area contributed by atoms with Crippen LogP contribution in [0.25, 0.3) is 0 Å². The van der Waals surface area contributed by atoms with Gasteiger partial charge in [0.15, 0.2) is 0 Å². The van der Waals surface area contributed by atoms with Gasteiger partial charge in [0, 0.05) is 0 Å². The smallest absolute Gasteiger partial charge is 0.307 e. The summed E-state index contributed by atoms with van der Waals surface area (Å²) in [4.78, 5) is 10.3. The van der Waals surface area contributed by atoms with Crippen LogP contribution in [0.1, 0.15) is 84.0 Å². The van der Waals surface area contributed by atoms with Gasteiger partial charge >= 0.3 is 5.97 Å². The quantitative estimate of drug-likeness (QED) is 0.279. The van der Waals surface area contributed by atoms with E-state index >= 15 is 0 Å². The third kappa shape index (κ3) is 18.7. The minimum absolute atomic E-state index is 0.148. The van der Waals surface area contributed by atoms with Crippen LogP contribution in [-0.4, -0.2) is 11.1 Å². The Bertz CT molecular complexity index is 327. The molecule has 0 amide bonds. The highest BCUT2D eigenvalue weighted by Crippen LogP contribution is 2.08. The second-order valence-corrected chi connectivity index (χ2v) is 5.70. The normalized spacial score (nSPS) is 12.0.